The van der Waals surface area contributed by atoms with E-state index in [9.17, 15) is 22.8 Å². The number of esters is 2. The standard InChI is InChI=1S/C18H22N2O8S/c1-3-27-17(22)12-6-8-19(9-7-12)29(24,25)13-4-5-14-15(10-13)28-18(23)20(14)11-16(21)26-2/h4-5,10,12H,3,6-9,11H2,1-2H3. The Morgan fingerprint density at radius 2 is 1.93 bits per heavy atom. The molecular formula is C18H22N2O8S. The molecule has 1 aliphatic heterocycles. The van der Waals surface area contributed by atoms with E-state index < -0.39 is 21.7 Å². The SMILES string of the molecule is CCOC(=O)C1CCN(S(=O)(=O)c2ccc3c(c2)oc(=O)n3CC(=O)OC)CC1. The van der Waals surface area contributed by atoms with E-state index in [0.717, 1.165) is 4.57 Å². The Kier molecular flexibility index (Phi) is 6.08. The van der Waals surface area contributed by atoms with Gasteiger partial charge in [-0.05, 0) is 31.9 Å². The van der Waals surface area contributed by atoms with Crippen LogP contribution in [0.1, 0.15) is 19.8 Å². The highest BCUT2D eigenvalue weighted by Crippen LogP contribution is 2.26. The molecule has 158 valence electrons. The van der Waals surface area contributed by atoms with E-state index in [4.69, 9.17) is 9.15 Å². The first kappa shape index (κ1) is 21.1. The summed E-state index contributed by atoms with van der Waals surface area (Å²) in [5.41, 5.74) is 0.349. The number of carbonyl (C=O) groups is 2. The van der Waals surface area contributed by atoms with Gasteiger partial charge in [-0.25, -0.2) is 13.2 Å². The first-order valence-corrected chi connectivity index (χ1v) is 10.6. The monoisotopic (exact) mass is 426 g/mol. The summed E-state index contributed by atoms with van der Waals surface area (Å²) >= 11 is 0. The van der Waals surface area contributed by atoms with Crippen molar-refractivity contribution >= 4 is 33.1 Å². The predicted molar refractivity (Wildman–Crippen MR) is 101 cm³/mol. The number of carbonyl (C=O) groups excluding carboxylic acids is 2. The average Bonchev–Trinajstić information content (AvgIpc) is 3.02. The zero-order chi connectivity index (χ0) is 21.2. The third kappa shape index (κ3) is 4.20. The first-order valence-electron chi connectivity index (χ1n) is 9.15. The number of benzene rings is 1. The van der Waals surface area contributed by atoms with Crippen molar-refractivity contribution < 1.29 is 31.9 Å². The predicted octanol–water partition coefficient (Wildman–Crippen LogP) is 0.731. The van der Waals surface area contributed by atoms with Gasteiger partial charge in [0.1, 0.15) is 6.54 Å². The number of aromatic nitrogens is 1. The molecule has 1 aromatic heterocycles. The second kappa shape index (κ2) is 8.37. The van der Waals surface area contributed by atoms with Crippen LogP contribution in [0.3, 0.4) is 0 Å². The second-order valence-corrected chi connectivity index (χ2v) is 8.53. The third-order valence-corrected chi connectivity index (χ3v) is 6.76. The Bertz CT molecular complexity index is 1080. The van der Waals surface area contributed by atoms with E-state index in [1.807, 2.05) is 0 Å². The number of oxazole rings is 1. The van der Waals surface area contributed by atoms with Gasteiger partial charge in [-0.1, -0.05) is 0 Å². The molecule has 0 spiro atoms. The number of rotatable bonds is 6. The van der Waals surface area contributed by atoms with Crippen molar-refractivity contribution in [2.24, 2.45) is 5.92 Å². The fourth-order valence-electron chi connectivity index (χ4n) is 3.29. The Morgan fingerprint density at radius 3 is 2.55 bits per heavy atom. The van der Waals surface area contributed by atoms with Gasteiger partial charge in [0.05, 0.1) is 30.0 Å². The Balaban J connectivity index is 1.82. The molecule has 2 aromatic rings. The Morgan fingerprint density at radius 1 is 1.24 bits per heavy atom. The van der Waals surface area contributed by atoms with E-state index in [-0.39, 0.29) is 48.6 Å². The van der Waals surface area contributed by atoms with Crippen LogP contribution in [0.4, 0.5) is 0 Å². The summed E-state index contributed by atoms with van der Waals surface area (Å²) in [5, 5.41) is 0. The van der Waals surface area contributed by atoms with E-state index in [2.05, 4.69) is 4.74 Å². The molecule has 2 heterocycles. The molecule has 1 aromatic carbocycles. The minimum Gasteiger partial charge on any atom is -0.468 e. The molecule has 0 amide bonds. The summed E-state index contributed by atoms with van der Waals surface area (Å²) in [6.45, 7) is 2.06. The number of hydrogen-bond acceptors (Lipinski definition) is 8. The molecule has 1 saturated heterocycles. The highest BCUT2D eigenvalue weighted by molar-refractivity contribution is 7.89. The van der Waals surface area contributed by atoms with Crippen LogP contribution in [0.25, 0.3) is 11.1 Å². The normalized spacial score (nSPS) is 16.1. The summed E-state index contributed by atoms with van der Waals surface area (Å²) in [4.78, 5) is 35.3. The van der Waals surface area contributed by atoms with Gasteiger partial charge in [0.2, 0.25) is 10.0 Å². The molecule has 0 saturated carbocycles. The van der Waals surface area contributed by atoms with Crippen molar-refractivity contribution in [1.29, 1.82) is 0 Å². The lowest BCUT2D eigenvalue weighted by Crippen LogP contribution is -2.40. The molecule has 3 rings (SSSR count). The molecule has 10 nitrogen and oxygen atoms in total. The van der Waals surface area contributed by atoms with E-state index in [1.54, 1.807) is 6.92 Å². The summed E-state index contributed by atoms with van der Waals surface area (Å²) < 4.78 is 42.9. The largest absolute Gasteiger partial charge is 0.468 e. The average molecular weight is 426 g/mol. The number of sulfonamides is 1. The van der Waals surface area contributed by atoms with Gasteiger partial charge in [-0.15, -0.1) is 0 Å². The highest BCUT2D eigenvalue weighted by Gasteiger charge is 2.33. The van der Waals surface area contributed by atoms with Crippen molar-refractivity contribution in [3.63, 3.8) is 0 Å². The Labute approximate surface area is 167 Å². The summed E-state index contributed by atoms with van der Waals surface area (Å²) in [6.07, 6.45) is 0.760. The zero-order valence-corrected chi connectivity index (χ0v) is 16.9. The minimum absolute atomic E-state index is 0.0291. The van der Waals surface area contributed by atoms with Crippen molar-refractivity contribution in [2.45, 2.75) is 31.2 Å². The van der Waals surface area contributed by atoms with Crippen molar-refractivity contribution in [1.82, 2.24) is 8.87 Å². The van der Waals surface area contributed by atoms with Crippen LogP contribution in [0, 0.1) is 5.92 Å². The van der Waals surface area contributed by atoms with E-state index in [0.29, 0.717) is 18.4 Å². The van der Waals surface area contributed by atoms with Gasteiger partial charge in [-0.3, -0.25) is 14.2 Å². The summed E-state index contributed by atoms with van der Waals surface area (Å²) in [6, 6.07) is 4.04. The van der Waals surface area contributed by atoms with Crippen molar-refractivity contribution in [2.75, 3.05) is 26.8 Å². The lowest BCUT2D eigenvalue weighted by atomic mass is 9.98. The molecule has 1 aliphatic rings. The molecule has 0 atom stereocenters. The quantitative estimate of drug-likeness (QED) is 0.619. The second-order valence-electron chi connectivity index (χ2n) is 6.59. The van der Waals surface area contributed by atoms with Crippen LogP contribution >= 0.6 is 0 Å². The Hall–Kier alpha value is -2.66. The van der Waals surface area contributed by atoms with Crippen LogP contribution in [-0.2, 0) is 35.6 Å². The molecule has 0 unspecified atom stereocenters. The van der Waals surface area contributed by atoms with Gasteiger partial charge < -0.3 is 13.9 Å². The fourth-order valence-corrected chi connectivity index (χ4v) is 4.78. The molecule has 11 heteroatoms. The van der Waals surface area contributed by atoms with Gasteiger partial charge in [-0.2, -0.15) is 4.31 Å². The number of fused-ring (bicyclic) bond motifs is 1. The maximum Gasteiger partial charge on any atom is 0.420 e. The lowest BCUT2D eigenvalue weighted by Gasteiger charge is -2.30. The maximum absolute atomic E-state index is 13.0. The van der Waals surface area contributed by atoms with Gasteiger partial charge >= 0.3 is 17.7 Å². The van der Waals surface area contributed by atoms with E-state index >= 15 is 0 Å². The van der Waals surface area contributed by atoms with Crippen LogP contribution in [0.2, 0.25) is 0 Å². The van der Waals surface area contributed by atoms with Crippen LogP contribution in [-0.4, -0.2) is 56.0 Å². The van der Waals surface area contributed by atoms with Crippen LogP contribution in [0.15, 0.2) is 32.3 Å². The number of ether oxygens (including phenoxy) is 2. The molecule has 1 fully saturated rings. The van der Waals surface area contributed by atoms with Gasteiger partial charge in [0.25, 0.3) is 0 Å². The molecule has 0 N–H and O–H groups in total. The van der Waals surface area contributed by atoms with Gasteiger partial charge in [0, 0.05) is 19.2 Å². The first-order chi connectivity index (χ1) is 13.8. The molecule has 0 aliphatic carbocycles. The molecular weight excluding hydrogens is 404 g/mol. The smallest absolute Gasteiger partial charge is 0.420 e. The molecule has 0 radical (unpaired) electrons. The minimum atomic E-state index is -3.83. The topological polar surface area (TPSA) is 125 Å². The fraction of sp³-hybridized carbons (Fsp3) is 0.500. The number of hydrogen-bond donors (Lipinski definition) is 0. The maximum atomic E-state index is 13.0. The van der Waals surface area contributed by atoms with E-state index in [1.165, 1.54) is 29.6 Å². The van der Waals surface area contributed by atoms with Crippen LogP contribution < -0.4 is 5.76 Å². The van der Waals surface area contributed by atoms with Crippen LogP contribution in [0.5, 0.6) is 0 Å². The van der Waals surface area contributed by atoms with Gasteiger partial charge in [0.15, 0.2) is 5.58 Å². The summed E-state index contributed by atoms with van der Waals surface area (Å²) in [7, 11) is -2.63. The van der Waals surface area contributed by atoms with Crippen molar-refractivity contribution in [3.8, 4) is 0 Å². The number of nitrogens with zero attached hydrogens (tertiary/aromatic N) is 2. The number of piperidine rings is 1. The molecule has 0 bridgehead atoms. The van der Waals surface area contributed by atoms with Crippen molar-refractivity contribution in [3.05, 3.63) is 28.7 Å². The third-order valence-electron chi connectivity index (χ3n) is 4.87. The lowest BCUT2D eigenvalue weighted by molar-refractivity contribution is -0.149. The summed E-state index contributed by atoms with van der Waals surface area (Å²) in [5.74, 6) is -2.03. The highest BCUT2D eigenvalue weighted by atomic mass is 32.2. The number of methoxy groups -OCH3 is 1. The molecule has 29 heavy (non-hydrogen) atoms. The zero-order valence-electron chi connectivity index (χ0n) is 16.1.